The van der Waals surface area contributed by atoms with Crippen molar-refractivity contribution in [2.24, 2.45) is 4.99 Å². The summed E-state index contributed by atoms with van der Waals surface area (Å²) in [6.45, 7) is 6.74. The van der Waals surface area contributed by atoms with Crippen molar-refractivity contribution in [1.82, 2.24) is 5.32 Å². The molecule has 1 aliphatic rings. The van der Waals surface area contributed by atoms with Crippen molar-refractivity contribution < 1.29 is 13.9 Å². The molecule has 168 valence electrons. The first-order valence-corrected chi connectivity index (χ1v) is 12.0. The SMILES string of the molecule is COc1cc(C)c(C=Nc2sc3c(c2C(=O)NCc2ccco2)CCCC3)cc1C(C)C. The van der Waals surface area contributed by atoms with Gasteiger partial charge < -0.3 is 14.5 Å². The Labute approximate surface area is 193 Å². The van der Waals surface area contributed by atoms with Crippen LogP contribution in [-0.4, -0.2) is 19.2 Å². The summed E-state index contributed by atoms with van der Waals surface area (Å²) in [6.07, 6.45) is 7.74. The number of carbonyl (C=O) groups is 1. The Morgan fingerprint density at radius 3 is 2.84 bits per heavy atom. The summed E-state index contributed by atoms with van der Waals surface area (Å²) in [5, 5.41) is 3.80. The third-order valence-electron chi connectivity index (χ3n) is 5.94. The molecule has 0 atom stereocenters. The van der Waals surface area contributed by atoms with Crippen LogP contribution in [0.1, 0.15) is 75.9 Å². The topological polar surface area (TPSA) is 63.8 Å². The highest BCUT2D eigenvalue weighted by atomic mass is 32.1. The normalized spacial score (nSPS) is 13.5. The molecule has 1 amide bonds. The number of carbonyl (C=O) groups excluding carboxylic acids is 1. The van der Waals surface area contributed by atoms with Crippen LogP contribution >= 0.6 is 11.3 Å². The lowest BCUT2D eigenvalue weighted by atomic mass is 9.95. The van der Waals surface area contributed by atoms with Gasteiger partial charge in [0.2, 0.25) is 0 Å². The molecule has 0 spiro atoms. The maximum absolute atomic E-state index is 13.2. The summed E-state index contributed by atoms with van der Waals surface area (Å²) in [6, 6.07) is 7.90. The lowest BCUT2D eigenvalue weighted by molar-refractivity contribution is 0.0948. The van der Waals surface area contributed by atoms with Crippen LogP contribution < -0.4 is 10.1 Å². The maximum Gasteiger partial charge on any atom is 0.255 e. The van der Waals surface area contributed by atoms with E-state index in [-0.39, 0.29) is 5.91 Å². The van der Waals surface area contributed by atoms with Crippen molar-refractivity contribution in [1.29, 1.82) is 0 Å². The zero-order valence-electron chi connectivity index (χ0n) is 19.2. The number of benzene rings is 1. The summed E-state index contributed by atoms with van der Waals surface area (Å²) in [7, 11) is 1.71. The Hall–Kier alpha value is -2.86. The number of furan rings is 1. The van der Waals surface area contributed by atoms with Gasteiger partial charge in [-0.3, -0.25) is 4.79 Å². The van der Waals surface area contributed by atoms with Crippen molar-refractivity contribution in [3.63, 3.8) is 0 Å². The summed E-state index contributed by atoms with van der Waals surface area (Å²) >= 11 is 1.65. The van der Waals surface area contributed by atoms with E-state index in [1.54, 1.807) is 24.7 Å². The predicted octanol–water partition coefficient (Wildman–Crippen LogP) is 6.34. The Morgan fingerprint density at radius 2 is 2.12 bits per heavy atom. The number of rotatable bonds is 7. The fraction of sp³-hybridized carbons (Fsp3) is 0.385. The predicted molar refractivity (Wildman–Crippen MR) is 130 cm³/mol. The molecule has 0 saturated heterocycles. The molecule has 3 aromatic rings. The highest BCUT2D eigenvalue weighted by molar-refractivity contribution is 7.16. The minimum Gasteiger partial charge on any atom is -0.496 e. The molecule has 0 fully saturated rings. The van der Waals surface area contributed by atoms with Gasteiger partial charge in [-0.15, -0.1) is 11.3 Å². The molecule has 4 rings (SSSR count). The zero-order valence-corrected chi connectivity index (χ0v) is 20.0. The van der Waals surface area contributed by atoms with Crippen LogP contribution in [-0.2, 0) is 19.4 Å². The monoisotopic (exact) mass is 450 g/mol. The first kappa shape index (κ1) is 22.3. The molecule has 0 saturated carbocycles. The first-order valence-electron chi connectivity index (χ1n) is 11.2. The molecule has 1 aromatic carbocycles. The van der Waals surface area contributed by atoms with Crippen molar-refractivity contribution in [3.8, 4) is 5.75 Å². The van der Waals surface area contributed by atoms with Crippen molar-refractivity contribution in [3.05, 3.63) is 69.0 Å². The second-order valence-electron chi connectivity index (χ2n) is 8.52. The minimum absolute atomic E-state index is 0.0812. The summed E-state index contributed by atoms with van der Waals surface area (Å²) in [5.41, 5.74) is 5.19. The molecule has 1 aliphatic carbocycles. The summed E-state index contributed by atoms with van der Waals surface area (Å²) < 4.78 is 10.9. The zero-order chi connectivity index (χ0) is 22.7. The number of hydrogen-bond acceptors (Lipinski definition) is 5. The van der Waals surface area contributed by atoms with Crippen LogP contribution in [0.3, 0.4) is 0 Å². The van der Waals surface area contributed by atoms with E-state index in [0.717, 1.165) is 58.0 Å². The number of aliphatic imine (C=N–C) groups is 1. The fourth-order valence-electron chi connectivity index (χ4n) is 4.16. The molecule has 2 aromatic heterocycles. The van der Waals surface area contributed by atoms with Crippen molar-refractivity contribution in [2.75, 3.05) is 7.11 Å². The average Bonchev–Trinajstić information content (AvgIpc) is 3.43. The van der Waals surface area contributed by atoms with Gasteiger partial charge in [0.25, 0.3) is 5.91 Å². The van der Waals surface area contributed by atoms with Gasteiger partial charge in [-0.25, -0.2) is 4.99 Å². The Balaban J connectivity index is 1.66. The number of ether oxygens (including phenoxy) is 1. The van der Waals surface area contributed by atoms with Gasteiger partial charge in [-0.1, -0.05) is 13.8 Å². The highest BCUT2D eigenvalue weighted by Crippen LogP contribution is 2.40. The van der Waals surface area contributed by atoms with Gasteiger partial charge >= 0.3 is 0 Å². The average molecular weight is 451 g/mol. The Kier molecular flexibility index (Phi) is 6.80. The van der Waals surface area contributed by atoms with Gasteiger partial charge in [-0.2, -0.15) is 0 Å². The molecular formula is C26H30N2O3S. The molecule has 0 aliphatic heterocycles. The number of nitrogens with one attached hydrogen (secondary N) is 1. The Bertz CT molecular complexity index is 1130. The molecule has 0 bridgehead atoms. The van der Waals surface area contributed by atoms with E-state index >= 15 is 0 Å². The van der Waals surface area contributed by atoms with Gasteiger partial charge in [-0.05, 0) is 85.0 Å². The number of amides is 1. The van der Waals surface area contributed by atoms with Crippen LogP contribution in [0, 0.1) is 6.92 Å². The molecule has 0 radical (unpaired) electrons. The largest absolute Gasteiger partial charge is 0.496 e. The lowest BCUT2D eigenvalue weighted by Crippen LogP contribution is -2.23. The standard InChI is InChI=1S/C26H30N2O3S/c1-16(2)21-13-18(17(3)12-22(21)30-4)14-28-26-24(20-9-5-6-10-23(20)32-26)25(29)27-15-19-8-7-11-31-19/h7-8,11-14,16H,5-6,9-10,15H2,1-4H3,(H,27,29). The number of aryl methyl sites for hydroxylation is 2. The third kappa shape index (κ3) is 4.65. The van der Waals surface area contributed by atoms with Gasteiger partial charge in [0.05, 0.1) is 25.5 Å². The van der Waals surface area contributed by atoms with Crippen LogP contribution in [0.5, 0.6) is 5.75 Å². The van der Waals surface area contributed by atoms with Gasteiger partial charge in [0.1, 0.15) is 16.5 Å². The van der Waals surface area contributed by atoms with Crippen LogP contribution in [0.4, 0.5) is 5.00 Å². The van der Waals surface area contributed by atoms with E-state index in [1.807, 2.05) is 18.3 Å². The van der Waals surface area contributed by atoms with Gasteiger partial charge in [0.15, 0.2) is 0 Å². The van der Waals surface area contributed by atoms with Crippen molar-refractivity contribution in [2.45, 2.75) is 58.9 Å². The van der Waals surface area contributed by atoms with E-state index in [1.165, 1.54) is 16.9 Å². The van der Waals surface area contributed by atoms with E-state index < -0.39 is 0 Å². The van der Waals surface area contributed by atoms with E-state index in [9.17, 15) is 4.79 Å². The number of methoxy groups -OCH3 is 1. The molecule has 5 nitrogen and oxygen atoms in total. The third-order valence-corrected chi connectivity index (χ3v) is 7.14. The van der Waals surface area contributed by atoms with Crippen LogP contribution in [0.25, 0.3) is 0 Å². The van der Waals surface area contributed by atoms with E-state index in [4.69, 9.17) is 14.1 Å². The minimum atomic E-state index is -0.0812. The molecule has 2 heterocycles. The molecular weight excluding hydrogens is 420 g/mol. The van der Waals surface area contributed by atoms with E-state index in [2.05, 4.69) is 38.2 Å². The fourth-order valence-corrected chi connectivity index (χ4v) is 5.39. The number of fused-ring (bicyclic) bond motifs is 1. The highest BCUT2D eigenvalue weighted by Gasteiger charge is 2.25. The second kappa shape index (κ2) is 9.74. The molecule has 6 heteroatoms. The van der Waals surface area contributed by atoms with Crippen molar-refractivity contribution >= 4 is 28.5 Å². The number of nitrogens with zero attached hydrogens (tertiary/aromatic N) is 1. The second-order valence-corrected chi connectivity index (χ2v) is 9.60. The molecule has 0 unspecified atom stereocenters. The smallest absolute Gasteiger partial charge is 0.255 e. The Morgan fingerprint density at radius 1 is 1.31 bits per heavy atom. The first-order chi connectivity index (χ1) is 15.5. The van der Waals surface area contributed by atoms with E-state index in [0.29, 0.717) is 12.5 Å². The molecule has 32 heavy (non-hydrogen) atoms. The number of thiophene rings is 1. The van der Waals surface area contributed by atoms with Gasteiger partial charge in [0, 0.05) is 11.1 Å². The van der Waals surface area contributed by atoms with Crippen LogP contribution in [0.2, 0.25) is 0 Å². The number of hydrogen-bond donors (Lipinski definition) is 1. The van der Waals surface area contributed by atoms with Crippen LogP contribution in [0.15, 0.2) is 39.9 Å². The maximum atomic E-state index is 13.2. The summed E-state index contributed by atoms with van der Waals surface area (Å²) in [5.74, 6) is 1.90. The quantitative estimate of drug-likeness (QED) is 0.427. The summed E-state index contributed by atoms with van der Waals surface area (Å²) in [4.78, 5) is 19.3. The lowest BCUT2D eigenvalue weighted by Gasteiger charge is -2.14. The molecule has 1 N–H and O–H groups in total.